The van der Waals surface area contributed by atoms with Gasteiger partial charge in [0.15, 0.2) is 5.89 Å². The van der Waals surface area contributed by atoms with Crippen molar-refractivity contribution in [3.05, 3.63) is 17.3 Å². The van der Waals surface area contributed by atoms with Crippen molar-refractivity contribution in [3.63, 3.8) is 0 Å². The Morgan fingerprint density at radius 3 is 2.81 bits per heavy atom. The van der Waals surface area contributed by atoms with Crippen molar-refractivity contribution < 1.29 is 4.42 Å². The number of rotatable bonds is 3. The van der Waals surface area contributed by atoms with Crippen LogP contribution >= 0.6 is 0 Å². The first-order valence-electron chi connectivity index (χ1n) is 6.36. The fraction of sp³-hybridized carbons (Fsp3) is 0.769. The highest BCUT2D eigenvalue weighted by Gasteiger charge is 2.18. The van der Waals surface area contributed by atoms with Gasteiger partial charge in [0.25, 0.3) is 0 Å². The van der Waals surface area contributed by atoms with E-state index in [1.54, 1.807) is 0 Å². The summed E-state index contributed by atoms with van der Waals surface area (Å²) in [6, 6.07) is 0.562. The van der Waals surface area contributed by atoms with Gasteiger partial charge in [-0.25, -0.2) is 4.98 Å². The van der Waals surface area contributed by atoms with Crippen molar-refractivity contribution in [2.45, 2.75) is 58.4 Å². The highest BCUT2D eigenvalue weighted by Crippen LogP contribution is 2.21. The third-order valence-electron chi connectivity index (χ3n) is 3.26. The Bertz CT molecular complexity index is 338. The summed E-state index contributed by atoms with van der Waals surface area (Å²) >= 11 is 0. The third kappa shape index (κ3) is 2.64. The van der Waals surface area contributed by atoms with Crippen LogP contribution in [0.2, 0.25) is 0 Å². The van der Waals surface area contributed by atoms with E-state index < -0.39 is 0 Å². The van der Waals surface area contributed by atoms with E-state index in [2.05, 4.69) is 24.1 Å². The first-order valence-corrected chi connectivity index (χ1v) is 6.36. The van der Waals surface area contributed by atoms with Crippen molar-refractivity contribution in [1.29, 1.82) is 0 Å². The van der Waals surface area contributed by atoms with E-state index in [0.717, 1.165) is 30.3 Å². The summed E-state index contributed by atoms with van der Waals surface area (Å²) in [6.07, 6.45) is 4.82. The van der Waals surface area contributed by atoms with Gasteiger partial charge in [-0.1, -0.05) is 20.3 Å². The minimum Gasteiger partial charge on any atom is -0.446 e. The van der Waals surface area contributed by atoms with E-state index in [1.807, 2.05) is 6.92 Å². The van der Waals surface area contributed by atoms with Gasteiger partial charge in [0.2, 0.25) is 0 Å². The molecule has 0 spiro atoms. The lowest BCUT2D eigenvalue weighted by atomic mass is 10.0. The molecular formula is C13H22N2O. The van der Waals surface area contributed by atoms with Crippen LogP contribution in [0.1, 0.15) is 56.4 Å². The lowest BCUT2D eigenvalue weighted by Crippen LogP contribution is -2.35. The van der Waals surface area contributed by atoms with Crippen LogP contribution in [-0.4, -0.2) is 17.6 Å². The fourth-order valence-electron chi connectivity index (χ4n) is 2.40. The Labute approximate surface area is 97.6 Å². The molecule has 1 aromatic rings. The third-order valence-corrected chi connectivity index (χ3v) is 3.26. The topological polar surface area (TPSA) is 38.1 Å². The summed E-state index contributed by atoms with van der Waals surface area (Å²) in [5.41, 5.74) is 1.12. The maximum atomic E-state index is 5.73. The second-order valence-electron chi connectivity index (χ2n) is 5.05. The van der Waals surface area contributed by atoms with Gasteiger partial charge in [-0.05, 0) is 32.2 Å². The predicted octanol–water partition coefficient (Wildman–Crippen LogP) is 2.79. The average molecular weight is 222 g/mol. The second kappa shape index (κ2) is 5.00. The van der Waals surface area contributed by atoms with E-state index in [0.29, 0.717) is 12.0 Å². The maximum absolute atomic E-state index is 5.73. The number of hydrogen-bond acceptors (Lipinski definition) is 3. The van der Waals surface area contributed by atoms with Crippen LogP contribution in [0.3, 0.4) is 0 Å². The van der Waals surface area contributed by atoms with Gasteiger partial charge in [0.1, 0.15) is 5.76 Å². The van der Waals surface area contributed by atoms with Gasteiger partial charge < -0.3 is 9.73 Å². The molecule has 1 aromatic heterocycles. The van der Waals surface area contributed by atoms with Crippen molar-refractivity contribution in [2.75, 3.05) is 6.54 Å². The normalized spacial score (nSPS) is 21.6. The van der Waals surface area contributed by atoms with Crippen LogP contribution in [0.5, 0.6) is 0 Å². The molecule has 1 N–H and O–H groups in total. The van der Waals surface area contributed by atoms with E-state index in [-0.39, 0.29) is 0 Å². The predicted molar refractivity (Wildman–Crippen MR) is 64.7 cm³/mol. The Balaban J connectivity index is 2.01. The molecule has 0 radical (unpaired) electrons. The van der Waals surface area contributed by atoms with Crippen molar-refractivity contribution in [1.82, 2.24) is 10.3 Å². The molecule has 2 heterocycles. The molecule has 2 rings (SSSR count). The zero-order valence-electron chi connectivity index (χ0n) is 10.5. The van der Waals surface area contributed by atoms with E-state index >= 15 is 0 Å². The summed E-state index contributed by atoms with van der Waals surface area (Å²) in [7, 11) is 0. The molecule has 1 aliphatic rings. The number of nitrogens with one attached hydrogen (secondary N) is 1. The summed E-state index contributed by atoms with van der Waals surface area (Å²) in [6.45, 7) is 7.47. The number of oxazole rings is 1. The Morgan fingerprint density at radius 1 is 1.44 bits per heavy atom. The molecule has 0 bridgehead atoms. The van der Waals surface area contributed by atoms with Crippen LogP contribution in [0.4, 0.5) is 0 Å². The van der Waals surface area contributed by atoms with Crippen LogP contribution < -0.4 is 5.32 Å². The largest absolute Gasteiger partial charge is 0.446 e. The van der Waals surface area contributed by atoms with Gasteiger partial charge in [-0.2, -0.15) is 0 Å². The van der Waals surface area contributed by atoms with Gasteiger partial charge >= 0.3 is 0 Å². The van der Waals surface area contributed by atoms with Gasteiger partial charge in [0, 0.05) is 12.5 Å². The van der Waals surface area contributed by atoms with Gasteiger partial charge in [0.05, 0.1) is 5.69 Å². The lowest BCUT2D eigenvalue weighted by Gasteiger charge is -2.21. The minimum atomic E-state index is 0.455. The summed E-state index contributed by atoms with van der Waals surface area (Å²) in [4.78, 5) is 4.60. The molecule has 16 heavy (non-hydrogen) atoms. The summed E-state index contributed by atoms with van der Waals surface area (Å²) in [5, 5.41) is 3.53. The van der Waals surface area contributed by atoms with Gasteiger partial charge in [-0.15, -0.1) is 0 Å². The van der Waals surface area contributed by atoms with Crippen molar-refractivity contribution >= 4 is 0 Å². The molecule has 0 saturated carbocycles. The van der Waals surface area contributed by atoms with Gasteiger partial charge in [-0.3, -0.25) is 0 Å². The zero-order valence-corrected chi connectivity index (χ0v) is 10.5. The number of nitrogens with zero attached hydrogens (tertiary/aromatic N) is 1. The maximum Gasteiger partial charge on any atom is 0.196 e. The molecule has 1 fully saturated rings. The highest BCUT2D eigenvalue weighted by molar-refractivity contribution is 5.12. The zero-order chi connectivity index (χ0) is 11.5. The molecule has 1 atom stereocenters. The Morgan fingerprint density at radius 2 is 2.25 bits per heavy atom. The first-order chi connectivity index (χ1) is 7.66. The summed E-state index contributed by atoms with van der Waals surface area (Å²) < 4.78 is 5.73. The number of hydrogen-bond donors (Lipinski definition) is 1. The van der Waals surface area contributed by atoms with E-state index in [9.17, 15) is 0 Å². The smallest absolute Gasteiger partial charge is 0.196 e. The standard InChI is InChI=1S/C13H22N2O/c1-9(2)13-10(3)16-12(15-13)8-11-6-4-5-7-14-11/h9,11,14H,4-8H2,1-3H3. The molecule has 1 aliphatic heterocycles. The van der Waals surface area contributed by atoms with E-state index in [1.165, 1.54) is 19.3 Å². The van der Waals surface area contributed by atoms with Crippen molar-refractivity contribution in [2.24, 2.45) is 0 Å². The van der Waals surface area contributed by atoms with Crippen LogP contribution in [0.15, 0.2) is 4.42 Å². The molecule has 90 valence electrons. The number of aryl methyl sites for hydroxylation is 1. The molecule has 3 nitrogen and oxygen atoms in total. The molecule has 0 amide bonds. The second-order valence-corrected chi connectivity index (χ2v) is 5.05. The number of piperidine rings is 1. The average Bonchev–Trinajstić information content (AvgIpc) is 2.61. The molecule has 1 unspecified atom stereocenters. The monoisotopic (exact) mass is 222 g/mol. The quantitative estimate of drug-likeness (QED) is 0.854. The molecule has 0 aliphatic carbocycles. The number of aromatic nitrogens is 1. The molecule has 1 saturated heterocycles. The van der Waals surface area contributed by atoms with Crippen molar-refractivity contribution in [3.8, 4) is 0 Å². The van der Waals surface area contributed by atoms with Crippen LogP contribution in [0.25, 0.3) is 0 Å². The fourth-order valence-corrected chi connectivity index (χ4v) is 2.40. The van der Waals surface area contributed by atoms with E-state index in [4.69, 9.17) is 4.42 Å². The SMILES string of the molecule is Cc1oc(CC2CCCCN2)nc1C(C)C. The first kappa shape index (κ1) is 11.6. The Hall–Kier alpha value is -0.830. The van der Waals surface area contributed by atoms with Crippen LogP contribution in [0, 0.1) is 6.92 Å². The molecule has 3 heteroatoms. The minimum absolute atomic E-state index is 0.455. The lowest BCUT2D eigenvalue weighted by molar-refractivity contribution is 0.363. The summed E-state index contributed by atoms with van der Waals surface area (Å²) in [5.74, 6) is 2.35. The highest BCUT2D eigenvalue weighted by atomic mass is 16.4. The molecule has 0 aromatic carbocycles. The Kier molecular flexibility index (Phi) is 3.64. The van der Waals surface area contributed by atoms with Crippen LogP contribution in [-0.2, 0) is 6.42 Å². The molecular weight excluding hydrogens is 200 g/mol.